The molecule has 1 aromatic carbocycles. The molecule has 0 unspecified atom stereocenters. The Morgan fingerprint density at radius 3 is 2.53 bits per heavy atom. The topological polar surface area (TPSA) is 32.7 Å². The molecule has 0 saturated heterocycles. The Hall–Kier alpha value is -1.22. The van der Waals surface area contributed by atoms with Gasteiger partial charge in [0.2, 0.25) is 0 Å². The summed E-state index contributed by atoms with van der Waals surface area (Å²) >= 11 is 0. The molecule has 0 aliphatic heterocycles. The van der Waals surface area contributed by atoms with Crippen LogP contribution in [0, 0.1) is 0 Å². The smallest absolute Gasteiger partial charge is 0.123 e. The summed E-state index contributed by atoms with van der Waals surface area (Å²) in [6.45, 7) is 8.49. The van der Waals surface area contributed by atoms with E-state index in [1.807, 2.05) is 12.1 Å². The number of nitrogens with zero attached hydrogens (tertiary/aromatic N) is 1. The molecule has 108 valence electrons. The summed E-state index contributed by atoms with van der Waals surface area (Å²) in [5.41, 5.74) is 0.964. The SMILES string of the molecule is CCCCCN(Cc1ccc(OC)cc1O)C(C)C. The van der Waals surface area contributed by atoms with Crippen molar-refractivity contribution in [3.8, 4) is 11.5 Å². The van der Waals surface area contributed by atoms with Crippen molar-refractivity contribution in [2.45, 2.75) is 52.6 Å². The molecule has 0 saturated carbocycles. The van der Waals surface area contributed by atoms with E-state index in [2.05, 4.69) is 25.7 Å². The average molecular weight is 265 g/mol. The van der Waals surface area contributed by atoms with Crippen LogP contribution in [0.15, 0.2) is 18.2 Å². The number of aromatic hydroxyl groups is 1. The summed E-state index contributed by atoms with van der Waals surface area (Å²) in [4.78, 5) is 2.40. The van der Waals surface area contributed by atoms with Crippen LogP contribution < -0.4 is 4.74 Å². The molecule has 0 atom stereocenters. The van der Waals surface area contributed by atoms with Gasteiger partial charge in [0.15, 0.2) is 0 Å². The molecule has 3 heteroatoms. The molecule has 0 spiro atoms. The van der Waals surface area contributed by atoms with E-state index in [0.29, 0.717) is 17.5 Å². The zero-order valence-corrected chi connectivity index (χ0v) is 12.6. The van der Waals surface area contributed by atoms with E-state index in [1.54, 1.807) is 13.2 Å². The molecular formula is C16H27NO2. The van der Waals surface area contributed by atoms with Gasteiger partial charge in [0.05, 0.1) is 7.11 Å². The second kappa shape index (κ2) is 8.05. The highest BCUT2D eigenvalue weighted by molar-refractivity contribution is 5.39. The standard InChI is InChI=1S/C16H27NO2/c1-5-6-7-10-17(13(2)3)12-14-8-9-15(19-4)11-16(14)18/h8-9,11,13,18H,5-7,10,12H2,1-4H3. The molecule has 0 bridgehead atoms. The fourth-order valence-corrected chi connectivity index (χ4v) is 2.11. The third kappa shape index (κ3) is 5.11. The fourth-order valence-electron chi connectivity index (χ4n) is 2.11. The Kier molecular flexibility index (Phi) is 6.71. The van der Waals surface area contributed by atoms with Crippen molar-refractivity contribution in [2.24, 2.45) is 0 Å². The van der Waals surface area contributed by atoms with Gasteiger partial charge in [-0.2, -0.15) is 0 Å². The van der Waals surface area contributed by atoms with Crippen LogP contribution in [-0.2, 0) is 6.54 Å². The Balaban J connectivity index is 2.67. The summed E-state index contributed by atoms with van der Waals surface area (Å²) in [6, 6.07) is 6.02. The number of benzene rings is 1. The van der Waals surface area contributed by atoms with E-state index in [1.165, 1.54) is 19.3 Å². The number of phenols is 1. The van der Waals surface area contributed by atoms with Crippen molar-refractivity contribution in [1.82, 2.24) is 4.90 Å². The first-order chi connectivity index (χ1) is 9.08. The molecule has 1 N–H and O–H groups in total. The lowest BCUT2D eigenvalue weighted by Gasteiger charge is -2.27. The second-order valence-electron chi connectivity index (χ2n) is 5.27. The molecule has 1 aromatic rings. The first-order valence-corrected chi connectivity index (χ1v) is 7.18. The van der Waals surface area contributed by atoms with Gasteiger partial charge in [0.25, 0.3) is 0 Å². The molecule has 0 aliphatic carbocycles. The maximum atomic E-state index is 10.0. The Morgan fingerprint density at radius 1 is 1.26 bits per heavy atom. The first kappa shape index (κ1) is 15.8. The van der Waals surface area contributed by atoms with Crippen LogP contribution >= 0.6 is 0 Å². The van der Waals surface area contributed by atoms with E-state index in [-0.39, 0.29) is 0 Å². The van der Waals surface area contributed by atoms with E-state index >= 15 is 0 Å². The van der Waals surface area contributed by atoms with E-state index in [0.717, 1.165) is 18.7 Å². The van der Waals surface area contributed by atoms with Crippen LogP contribution in [0.1, 0.15) is 45.6 Å². The van der Waals surface area contributed by atoms with Crippen molar-refractivity contribution >= 4 is 0 Å². The van der Waals surface area contributed by atoms with Gasteiger partial charge in [-0.1, -0.05) is 25.8 Å². The van der Waals surface area contributed by atoms with Gasteiger partial charge in [-0.15, -0.1) is 0 Å². The third-order valence-electron chi connectivity index (χ3n) is 3.45. The van der Waals surface area contributed by atoms with Crippen LogP contribution in [0.25, 0.3) is 0 Å². The normalized spacial score (nSPS) is 11.3. The summed E-state index contributed by atoms with van der Waals surface area (Å²) in [5, 5.41) is 10.0. The monoisotopic (exact) mass is 265 g/mol. The van der Waals surface area contributed by atoms with Crippen LogP contribution in [0.5, 0.6) is 11.5 Å². The van der Waals surface area contributed by atoms with E-state index < -0.39 is 0 Å². The zero-order valence-electron chi connectivity index (χ0n) is 12.6. The summed E-state index contributed by atoms with van der Waals surface area (Å²) in [5.74, 6) is 1.02. The Labute approximate surface area is 117 Å². The zero-order chi connectivity index (χ0) is 14.3. The lowest BCUT2D eigenvalue weighted by molar-refractivity contribution is 0.206. The number of hydrogen-bond donors (Lipinski definition) is 1. The second-order valence-corrected chi connectivity index (χ2v) is 5.27. The molecule has 0 aromatic heterocycles. The largest absolute Gasteiger partial charge is 0.507 e. The molecule has 0 heterocycles. The number of unbranched alkanes of at least 4 members (excludes halogenated alkanes) is 2. The van der Waals surface area contributed by atoms with E-state index in [4.69, 9.17) is 4.74 Å². The lowest BCUT2D eigenvalue weighted by Crippen LogP contribution is -2.31. The third-order valence-corrected chi connectivity index (χ3v) is 3.45. The highest BCUT2D eigenvalue weighted by Crippen LogP contribution is 2.25. The maximum absolute atomic E-state index is 10.0. The van der Waals surface area contributed by atoms with Gasteiger partial charge in [0, 0.05) is 24.2 Å². The van der Waals surface area contributed by atoms with Crippen molar-refractivity contribution in [3.63, 3.8) is 0 Å². The number of phenolic OH excluding ortho intramolecular Hbond substituents is 1. The molecule has 0 radical (unpaired) electrons. The summed E-state index contributed by atoms with van der Waals surface area (Å²) in [6.07, 6.45) is 3.71. The van der Waals surface area contributed by atoms with Crippen LogP contribution in [-0.4, -0.2) is 29.7 Å². The lowest BCUT2D eigenvalue weighted by atomic mass is 10.1. The molecule has 1 rings (SSSR count). The predicted octanol–water partition coefficient (Wildman–Crippen LogP) is 3.80. The van der Waals surface area contributed by atoms with Gasteiger partial charge < -0.3 is 9.84 Å². The van der Waals surface area contributed by atoms with Crippen LogP contribution in [0.2, 0.25) is 0 Å². The Morgan fingerprint density at radius 2 is 2.00 bits per heavy atom. The number of ether oxygens (including phenoxy) is 1. The van der Waals surface area contributed by atoms with Gasteiger partial charge in [-0.3, -0.25) is 4.90 Å². The highest BCUT2D eigenvalue weighted by atomic mass is 16.5. The quantitative estimate of drug-likeness (QED) is 0.726. The number of rotatable bonds is 8. The number of hydrogen-bond acceptors (Lipinski definition) is 3. The maximum Gasteiger partial charge on any atom is 0.123 e. The van der Waals surface area contributed by atoms with Crippen molar-refractivity contribution in [1.29, 1.82) is 0 Å². The molecule has 0 aliphatic rings. The van der Waals surface area contributed by atoms with E-state index in [9.17, 15) is 5.11 Å². The Bertz CT molecular complexity index is 377. The minimum absolute atomic E-state index is 0.320. The number of methoxy groups -OCH3 is 1. The van der Waals surface area contributed by atoms with Gasteiger partial charge in [-0.05, 0) is 32.9 Å². The van der Waals surface area contributed by atoms with Gasteiger partial charge in [0.1, 0.15) is 11.5 Å². The first-order valence-electron chi connectivity index (χ1n) is 7.18. The minimum Gasteiger partial charge on any atom is -0.507 e. The summed E-state index contributed by atoms with van der Waals surface area (Å²) in [7, 11) is 1.61. The molecule has 3 nitrogen and oxygen atoms in total. The average Bonchev–Trinajstić information content (AvgIpc) is 2.39. The van der Waals surface area contributed by atoms with Crippen molar-refractivity contribution < 1.29 is 9.84 Å². The van der Waals surface area contributed by atoms with Crippen molar-refractivity contribution in [3.05, 3.63) is 23.8 Å². The molecule has 0 fully saturated rings. The minimum atomic E-state index is 0.320. The molecular weight excluding hydrogens is 238 g/mol. The highest BCUT2D eigenvalue weighted by Gasteiger charge is 2.12. The molecule has 19 heavy (non-hydrogen) atoms. The van der Waals surface area contributed by atoms with Gasteiger partial charge >= 0.3 is 0 Å². The predicted molar refractivity (Wildman–Crippen MR) is 79.7 cm³/mol. The fraction of sp³-hybridized carbons (Fsp3) is 0.625. The van der Waals surface area contributed by atoms with Gasteiger partial charge in [-0.25, -0.2) is 0 Å². The summed E-state index contributed by atoms with van der Waals surface area (Å²) < 4.78 is 5.11. The molecule has 0 amide bonds. The van der Waals surface area contributed by atoms with Crippen LogP contribution in [0.4, 0.5) is 0 Å². The van der Waals surface area contributed by atoms with Crippen molar-refractivity contribution in [2.75, 3.05) is 13.7 Å². The van der Waals surface area contributed by atoms with Crippen LogP contribution in [0.3, 0.4) is 0 Å².